The number of nitrogens with one attached hydrogen (secondary N) is 1. The standard InChI is InChI=1S/C16H27N3O2/c1-13(2)11-19(10-4-9-17)12-16(20)18-14-5-7-15(21-3)8-6-14/h5-8,13H,4,9-12,17H2,1-3H3,(H,18,20). The van der Waals surface area contributed by atoms with Gasteiger partial charge in [0.05, 0.1) is 13.7 Å². The van der Waals surface area contributed by atoms with Crippen molar-refractivity contribution in [3.63, 3.8) is 0 Å². The highest BCUT2D eigenvalue weighted by molar-refractivity contribution is 5.92. The van der Waals surface area contributed by atoms with Gasteiger partial charge in [-0.25, -0.2) is 0 Å². The van der Waals surface area contributed by atoms with E-state index in [1.54, 1.807) is 7.11 Å². The number of amides is 1. The molecule has 21 heavy (non-hydrogen) atoms. The number of nitrogens with zero attached hydrogens (tertiary/aromatic N) is 1. The second-order valence-electron chi connectivity index (χ2n) is 5.55. The van der Waals surface area contributed by atoms with Gasteiger partial charge in [0.15, 0.2) is 0 Å². The van der Waals surface area contributed by atoms with Gasteiger partial charge in [-0.05, 0) is 49.7 Å². The molecule has 0 aromatic heterocycles. The molecule has 0 aliphatic carbocycles. The highest BCUT2D eigenvalue weighted by atomic mass is 16.5. The number of benzene rings is 1. The van der Waals surface area contributed by atoms with E-state index in [0.717, 1.165) is 30.9 Å². The number of methoxy groups -OCH3 is 1. The number of ether oxygens (including phenoxy) is 1. The van der Waals surface area contributed by atoms with Crippen LogP contribution in [0.15, 0.2) is 24.3 Å². The Bertz CT molecular complexity index is 418. The molecule has 1 aromatic carbocycles. The number of carbonyl (C=O) groups is 1. The molecule has 0 fully saturated rings. The quantitative estimate of drug-likeness (QED) is 0.730. The van der Waals surface area contributed by atoms with Crippen LogP contribution >= 0.6 is 0 Å². The summed E-state index contributed by atoms with van der Waals surface area (Å²) in [6.07, 6.45) is 0.905. The topological polar surface area (TPSA) is 67.6 Å². The highest BCUT2D eigenvalue weighted by Gasteiger charge is 2.12. The van der Waals surface area contributed by atoms with Crippen molar-refractivity contribution in [1.29, 1.82) is 0 Å². The van der Waals surface area contributed by atoms with Crippen molar-refractivity contribution in [3.8, 4) is 5.75 Å². The maximum atomic E-state index is 12.1. The molecule has 0 bridgehead atoms. The summed E-state index contributed by atoms with van der Waals surface area (Å²) in [5.41, 5.74) is 6.33. The minimum atomic E-state index is -0.00200. The van der Waals surface area contributed by atoms with Crippen molar-refractivity contribution >= 4 is 11.6 Å². The van der Waals surface area contributed by atoms with E-state index in [9.17, 15) is 4.79 Å². The Kier molecular flexibility index (Phi) is 7.79. The average molecular weight is 293 g/mol. The van der Waals surface area contributed by atoms with Crippen LogP contribution in [0.3, 0.4) is 0 Å². The molecule has 1 aromatic rings. The van der Waals surface area contributed by atoms with Crippen LogP contribution in [0.4, 0.5) is 5.69 Å². The average Bonchev–Trinajstić information content (AvgIpc) is 2.45. The molecule has 1 amide bonds. The zero-order chi connectivity index (χ0) is 15.7. The molecule has 0 aliphatic rings. The fourth-order valence-corrected chi connectivity index (χ4v) is 2.14. The van der Waals surface area contributed by atoms with E-state index in [1.165, 1.54) is 0 Å². The molecular weight excluding hydrogens is 266 g/mol. The summed E-state index contributed by atoms with van der Waals surface area (Å²) >= 11 is 0. The predicted octanol–water partition coefficient (Wildman–Crippen LogP) is 1.94. The Morgan fingerprint density at radius 3 is 2.52 bits per heavy atom. The van der Waals surface area contributed by atoms with Crippen LogP contribution in [0.2, 0.25) is 0 Å². The van der Waals surface area contributed by atoms with Crippen LogP contribution in [-0.4, -0.2) is 44.1 Å². The number of hydrogen-bond acceptors (Lipinski definition) is 4. The third kappa shape index (κ3) is 7.11. The number of hydrogen-bond donors (Lipinski definition) is 2. The van der Waals surface area contributed by atoms with Crippen molar-refractivity contribution in [2.75, 3.05) is 38.6 Å². The molecule has 0 unspecified atom stereocenters. The second-order valence-corrected chi connectivity index (χ2v) is 5.55. The lowest BCUT2D eigenvalue weighted by Gasteiger charge is -2.23. The molecule has 0 saturated carbocycles. The van der Waals surface area contributed by atoms with Crippen LogP contribution < -0.4 is 15.8 Å². The van der Waals surface area contributed by atoms with Crippen LogP contribution in [-0.2, 0) is 4.79 Å². The number of anilines is 1. The molecule has 0 heterocycles. The maximum Gasteiger partial charge on any atom is 0.238 e. The molecule has 3 N–H and O–H groups in total. The van der Waals surface area contributed by atoms with Gasteiger partial charge in [-0.3, -0.25) is 9.69 Å². The Balaban J connectivity index is 2.51. The summed E-state index contributed by atoms with van der Waals surface area (Å²) in [5.74, 6) is 1.30. The molecule has 0 saturated heterocycles. The van der Waals surface area contributed by atoms with Crippen LogP contribution in [0.5, 0.6) is 5.75 Å². The predicted molar refractivity (Wildman–Crippen MR) is 86.6 cm³/mol. The third-order valence-electron chi connectivity index (χ3n) is 3.04. The minimum Gasteiger partial charge on any atom is -0.497 e. The van der Waals surface area contributed by atoms with Gasteiger partial charge in [0, 0.05) is 12.2 Å². The van der Waals surface area contributed by atoms with Crippen LogP contribution in [0, 0.1) is 5.92 Å². The van der Waals surface area contributed by atoms with Crippen molar-refractivity contribution < 1.29 is 9.53 Å². The van der Waals surface area contributed by atoms with E-state index >= 15 is 0 Å². The fraction of sp³-hybridized carbons (Fsp3) is 0.562. The lowest BCUT2D eigenvalue weighted by molar-refractivity contribution is -0.117. The smallest absolute Gasteiger partial charge is 0.238 e. The van der Waals surface area contributed by atoms with Crippen molar-refractivity contribution in [1.82, 2.24) is 4.90 Å². The Labute approximate surface area is 127 Å². The largest absolute Gasteiger partial charge is 0.497 e. The lowest BCUT2D eigenvalue weighted by Crippen LogP contribution is -2.37. The van der Waals surface area contributed by atoms with Gasteiger partial charge in [-0.1, -0.05) is 13.8 Å². The fourth-order valence-electron chi connectivity index (χ4n) is 2.14. The van der Waals surface area contributed by atoms with E-state index in [0.29, 0.717) is 19.0 Å². The van der Waals surface area contributed by atoms with E-state index in [1.807, 2.05) is 24.3 Å². The van der Waals surface area contributed by atoms with Gasteiger partial charge in [0.2, 0.25) is 5.91 Å². The van der Waals surface area contributed by atoms with E-state index in [4.69, 9.17) is 10.5 Å². The number of nitrogens with two attached hydrogens (primary N) is 1. The first-order chi connectivity index (χ1) is 10.0. The van der Waals surface area contributed by atoms with Gasteiger partial charge >= 0.3 is 0 Å². The second kappa shape index (κ2) is 9.37. The molecule has 5 heteroatoms. The van der Waals surface area contributed by atoms with Crippen molar-refractivity contribution in [2.45, 2.75) is 20.3 Å². The molecule has 118 valence electrons. The van der Waals surface area contributed by atoms with Gasteiger partial charge in [0.1, 0.15) is 5.75 Å². The van der Waals surface area contributed by atoms with Gasteiger partial charge in [0.25, 0.3) is 0 Å². The summed E-state index contributed by atoms with van der Waals surface area (Å²) in [7, 11) is 1.62. The summed E-state index contributed by atoms with van der Waals surface area (Å²) in [5, 5.41) is 2.91. The monoisotopic (exact) mass is 293 g/mol. The molecule has 0 atom stereocenters. The first kappa shape index (κ1) is 17.5. The van der Waals surface area contributed by atoms with Gasteiger partial charge in [-0.15, -0.1) is 0 Å². The Morgan fingerprint density at radius 2 is 2.00 bits per heavy atom. The van der Waals surface area contributed by atoms with E-state index in [-0.39, 0.29) is 5.91 Å². The zero-order valence-corrected chi connectivity index (χ0v) is 13.3. The lowest BCUT2D eigenvalue weighted by atomic mass is 10.2. The first-order valence-electron chi connectivity index (χ1n) is 7.41. The normalized spacial score (nSPS) is 11.0. The van der Waals surface area contributed by atoms with Crippen molar-refractivity contribution in [3.05, 3.63) is 24.3 Å². The highest BCUT2D eigenvalue weighted by Crippen LogP contribution is 2.15. The SMILES string of the molecule is COc1ccc(NC(=O)CN(CCCN)CC(C)C)cc1. The summed E-state index contributed by atoms with van der Waals surface area (Å²) < 4.78 is 5.09. The summed E-state index contributed by atoms with van der Waals surface area (Å²) in [6.45, 7) is 7.09. The summed E-state index contributed by atoms with van der Waals surface area (Å²) in [6, 6.07) is 7.33. The number of carbonyl (C=O) groups excluding carboxylic acids is 1. The summed E-state index contributed by atoms with van der Waals surface area (Å²) in [4.78, 5) is 14.3. The Morgan fingerprint density at radius 1 is 1.33 bits per heavy atom. The maximum absolute atomic E-state index is 12.1. The van der Waals surface area contributed by atoms with Crippen LogP contribution in [0.1, 0.15) is 20.3 Å². The van der Waals surface area contributed by atoms with Crippen molar-refractivity contribution in [2.24, 2.45) is 11.7 Å². The first-order valence-corrected chi connectivity index (χ1v) is 7.41. The molecule has 0 aliphatic heterocycles. The number of rotatable bonds is 9. The molecule has 5 nitrogen and oxygen atoms in total. The molecule has 0 spiro atoms. The third-order valence-corrected chi connectivity index (χ3v) is 3.04. The van der Waals surface area contributed by atoms with E-state index < -0.39 is 0 Å². The van der Waals surface area contributed by atoms with Crippen LogP contribution in [0.25, 0.3) is 0 Å². The zero-order valence-electron chi connectivity index (χ0n) is 13.3. The van der Waals surface area contributed by atoms with Gasteiger partial charge < -0.3 is 15.8 Å². The Hall–Kier alpha value is -1.59. The molecule has 0 radical (unpaired) electrons. The van der Waals surface area contributed by atoms with E-state index in [2.05, 4.69) is 24.1 Å². The van der Waals surface area contributed by atoms with Gasteiger partial charge in [-0.2, -0.15) is 0 Å². The molecule has 1 rings (SSSR count). The molecular formula is C16H27N3O2. The minimum absolute atomic E-state index is 0.00200.